The van der Waals surface area contributed by atoms with Gasteiger partial charge in [0.15, 0.2) is 5.43 Å². The molecule has 0 amide bonds. The van der Waals surface area contributed by atoms with E-state index >= 15 is 0 Å². The van der Waals surface area contributed by atoms with E-state index < -0.39 is 20.2 Å². The highest BCUT2D eigenvalue weighted by Crippen LogP contribution is 2.22. The molecule has 0 bridgehead atoms. The van der Waals surface area contributed by atoms with E-state index in [2.05, 4.69) is 0 Å². The van der Waals surface area contributed by atoms with Crippen molar-refractivity contribution in [3.05, 3.63) is 80.0 Å². The molecule has 26 heavy (non-hydrogen) atoms. The maximum Gasteiger partial charge on any atom is 0.216 e. The second-order valence-corrected chi connectivity index (χ2v) is 7.95. The minimum absolute atomic E-state index is 0.0240. The van der Waals surface area contributed by atoms with Gasteiger partial charge in [-0.25, -0.2) is 8.42 Å². The normalized spacial score (nSPS) is 12.1. The number of nitriles is 1. The van der Waals surface area contributed by atoms with Crippen LogP contribution in [0, 0.1) is 18.3 Å². The summed E-state index contributed by atoms with van der Waals surface area (Å²) in [4.78, 5) is 12.0. The molecule has 130 valence electrons. The lowest BCUT2D eigenvalue weighted by atomic mass is 10.1. The predicted octanol–water partition coefficient (Wildman–Crippen LogP) is 4.09. The molecule has 0 saturated carbocycles. The van der Waals surface area contributed by atoms with Gasteiger partial charge in [0.2, 0.25) is 9.84 Å². The maximum atomic E-state index is 12.7. The van der Waals surface area contributed by atoms with Gasteiger partial charge in [0, 0.05) is 5.02 Å². The van der Waals surface area contributed by atoms with E-state index in [1.807, 2.05) is 6.92 Å². The third-order valence-corrected chi connectivity index (χ3v) is 5.69. The fourth-order valence-corrected chi connectivity index (χ4v) is 3.70. The Labute approximate surface area is 154 Å². The third-order valence-electron chi connectivity index (χ3n) is 3.78. The molecule has 0 N–H and O–H groups in total. The van der Waals surface area contributed by atoms with Crippen LogP contribution in [0.25, 0.3) is 17.0 Å². The molecule has 0 aliphatic carbocycles. The van der Waals surface area contributed by atoms with E-state index in [1.54, 1.807) is 30.3 Å². The van der Waals surface area contributed by atoms with Crippen LogP contribution in [0.1, 0.15) is 11.1 Å². The van der Waals surface area contributed by atoms with Crippen LogP contribution < -0.4 is 5.43 Å². The first-order chi connectivity index (χ1) is 12.3. The summed E-state index contributed by atoms with van der Waals surface area (Å²) in [5.41, 5.74) is 0.683. The van der Waals surface area contributed by atoms with Crippen molar-refractivity contribution in [3.8, 4) is 6.07 Å². The van der Waals surface area contributed by atoms with Crippen molar-refractivity contribution in [1.82, 2.24) is 0 Å². The van der Waals surface area contributed by atoms with Crippen molar-refractivity contribution in [2.75, 3.05) is 0 Å². The number of hydrogen-bond donors (Lipinski definition) is 0. The Morgan fingerprint density at radius 2 is 1.88 bits per heavy atom. The van der Waals surface area contributed by atoms with Gasteiger partial charge in [-0.3, -0.25) is 4.79 Å². The van der Waals surface area contributed by atoms with Crippen molar-refractivity contribution >= 4 is 38.5 Å². The molecule has 0 aliphatic rings. The first-order valence-electron chi connectivity index (χ1n) is 7.47. The summed E-state index contributed by atoms with van der Waals surface area (Å²) >= 11 is 5.90. The van der Waals surface area contributed by atoms with Crippen LogP contribution in [0.15, 0.2) is 67.7 Å². The number of allylic oxidation sites excluding steroid dienone is 1. The van der Waals surface area contributed by atoms with Crippen LogP contribution in [-0.4, -0.2) is 8.42 Å². The molecule has 3 aromatic rings. The molecule has 0 unspecified atom stereocenters. The molecule has 0 spiro atoms. The number of halogens is 1. The summed E-state index contributed by atoms with van der Waals surface area (Å²) in [6.45, 7) is 1.82. The molecule has 1 heterocycles. The molecule has 5 nitrogen and oxygen atoms in total. The lowest BCUT2D eigenvalue weighted by Gasteiger charge is -2.04. The second-order valence-electron chi connectivity index (χ2n) is 5.60. The highest BCUT2D eigenvalue weighted by atomic mass is 35.5. The molecular formula is C19H12ClNO4S. The number of sulfone groups is 1. The van der Waals surface area contributed by atoms with Gasteiger partial charge in [0.25, 0.3) is 0 Å². The predicted molar refractivity (Wildman–Crippen MR) is 99.4 cm³/mol. The molecule has 7 heteroatoms. The van der Waals surface area contributed by atoms with Gasteiger partial charge in [-0.15, -0.1) is 0 Å². The Balaban J connectivity index is 2.17. The first-order valence-corrected chi connectivity index (χ1v) is 9.33. The van der Waals surface area contributed by atoms with Crippen LogP contribution in [0.5, 0.6) is 0 Å². The first kappa shape index (κ1) is 17.9. The number of rotatable bonds is 3. The molecule has 0 radical (unpaired) electrons. The average molecular weight is 386 g/mol. The van der Waals surface area contributed by atoms with Gasteiger partial charge in [0.05, 0.1) is 15.8 Å². The van der Waals surface area contributed by atoms with E-state index in [-0.39, 0.29) is 15.8 Å². The van der Waals surface area contributed by atoms with Crippen molar-refractivity contribution in [3.63, 3.8) is 0 Å². The van der Waals surface area contributed by atoms with Crippen LogP contribution in [-0.2, 0) is 9.84 Å². The summed E-state index contributed by atoms with van der Waals surface area (Å²) in [5, 5.41) is 9.89. The standard InChI is InChI=1S/C19H12ClNO4S/c1-12-2-5-15(6-3-12)26(23,24)16(10-21)8-13-11-25-18-7-4-14(20)9-17(18)19(13)22/h2-9,11H,1H3/b16-8+. The largest absolute Gasteiger partial charge is 0.463 e. The molecule has 0 atom stereocenters. The number of benzene rings is 2. The van der Waals surface area contributed by atoms with Gasteiger partial charge in [-0.05, 0) is 43.3 Å². The fourth-order valence-electron chi connectivity index (χ4n) is 2.37. The van der Waals surface area contributed by atoms with E-state index in [1.165, 1.54) is 18.2 Å². The van der Waals surface area contributed by atoms with Crippen LogP contribution in [0.4, 0.5) is 0 Å². The quantitative estimate of drug-likeness (QED) is 0.633. The summed E-state index contributed by atoms with van der Waals surface area (Å²) in [6.07, 6.45) is 2.14. The van der Waals surface area contributed by atoms with Gasteiger partial charge in [-0.1, -0.05) is 29.3 Å². The van der Waals surface area contributed by atoms with Crippen molar-refractivity contribution in [1.29, 1.82) is 5.26 Å². The Kier molecular flexibility index (Phi) is 4.68. The number of nitrogens with zero attached hydrogens (tertiary/aromatic N) is 1. The van der Waals surface area contributed by atoms with E-state index in [0.29, 0.717) is 10.6 Å². The molecule has 0 aliphatic heterocycles. The number of hydrogen-bond acceptors (Lipinski definition) is 5. The minimum Gasteiger partial charge on any atom is -0.463 e. The molecular weight excluding hydrogens is 374 g/mol. The smallest absolute Gasteiger partial charge is 0.216 e. The number of fused-ring (bicyclic) bond motifs is 1. The lowest BCUT2D eigenvalue weighted by molar-refractivity contribution is 0.601. The molecule has 1 aromatic heterocycles. The van der Waals surface area contributed by atoms with Gasteiger partial charge >= 0.3 is 0 Å². The Morgan fingerprint density at radius 3 is 2.54 bits per heavy atom. The zero-order valence-electron chi connectivity index (χ0n) is 13.6. The fraction of sp³-hybridized carbons (Fsp3) is 0.0526. The Morgan fingerprint density at radius 1 is 1.19 bits per heavy atom. The number of aryl methyl sites for hydroxylation is 1. The Bertz CT molecular complexity index is 1230. The van der Waals surface area contributed by atoms with Gasteiger partial charge < -0.3 is 4.42 Å². The average Bonchev–Trinajstić information content (AvgIpc) is 2.62. The summed E-state index contributed by atoms with van der Waals surface area (Å²) in [5.74, 6) is 0. The van der Waals surface area contributed by atoms with Crippen molar-refractivity contribution < 1.29 is 12.8 Å². The molecule has 2 aromatic carbocycles. The van der Waals surface area contributed by atoms with E-state index in [0.717, 1.165) is 17.9 Å². The minimum atomic E-state index is -4.05. The van der Waals surface area contributed by atoms with Crippen LogP contribution >= 0.6 is 11.6 Å². The highest BCUT2D eigenvalue weighted by molar-refractivity contribution is 7.95. The third kappa shape index (κ3) is 3.27. The van der Waals surface area contributed by atoms with Gasteiger partial charge in [-0.2, -0.15) is 5.26 Å². The zero-order valence-corrected chi connectivity index (χ0v) is 15.1. The van der Waals surface area contributed by atoms with Crippen LogP contribution in [0.3, 0.4) is 0 Å². The second kappa shape index (κ2) is 6.79. The van der Waals surface area contributed by atoms with Crippen LogP contribution in [0.2, 0.25) is 5.02 Å². The SMILES string of the molecule is Cc1ccc(S(=O)(=O)/C(C#N)=C/c2coc3ccc(Cl)cc3c2=O)cc1. The Hall–Kier alpha value is -2.88. The monoisotopic (exact) mass is 385 g/mol. The van der Waals surface area contributed by atoms with E-state index in [4.69, 9.17) is 16.0 Å². The van der Waals surface area contributed by atoms with Crippen molar-refractivity contribution in [2.45, 2.75) is 11.8 Å². The summed E-state index contributed by atoms with van der Waals surface area (Å²) in [6, 6.07) is 12.3. The lowest BCUT2D eigenvalue weighted by Crippen LogP contribution is -2.08. The zero-order chi connectivity index (χ0) is 18.9. The van der Waals surface area contributed by atoms with E-state index in [9.17, 15) is 18.5 Å². The molecule has 0 fully saturated rings. The van der Waals surface area contributed by atoms with Crippen molar-refractivity contribution in [2.24, 2.45) is 0 Å². The highest BCUT2D eigenvalue weighted by Gasteiger charge is 2.21. The summed E-state index contributed by atoms with van der Waals surface area (Å²) < 4.78 is 30.7. The summed E-state index contributed by atoms with van der Waals surface area (Å²) in [7, 11) is -4.05. The van der Waals surface area contributed by atoms with Gasteiger partial charge in [0.1, 0.15) is 22.8 Å². The molecule has 3 rings (SSSR count). The molecule has 0 saturated heterocycles. The topological polar surface area (TPSA) is 88.1 Å². The maximum absolute atomic E-state index is 12.7.